The van der Waals surface area contributed by atoms with Crippen molar-refractivity contribution in [3.8, 4) is 0 Å². The quantitative estimate of drug-likeness (QED) is 0.337. The molecule has 14 nitrogen and oxygen atoms in total. The lowest BCUT2D eigenvalue weighted by molar-refractivity contribution is -0.142. The molecule has 4 heterocycles. The Hall–Kier alpha value is -4.54. The van der Waals surface area contributed by atoms with Gasteiger partial charge in [-0.1, -0.05) is 13.8 Å². The fourth-order valence-electron chi connectivity index (χ4n) is 6.41. The van der Waals surface area contributed by atoms with E-state index in [1.165, 1.54) is 22.8 Å². The zero-order chi connectivity index (χ0) is 36.2. The smallest absolute Gasteiger partial charge is 0.396 e. The Kier molecular flexibility index (Phi) is 11.4. The van der Waals surface area contributed by atoms with Crippen molar-refractivity contribution in [1.29, 1.82) is 0 Å². The molecule has 1 aliphatic heterocycles. The number of halogens is 3. The van der Waals surface area contributed by atoms with Crippen LogP contribution < -0.4 is 10.6 Å². The number of nitrogens with zero attached hydrogens (tertiary/aromatic N) is 7. The van der Waals surface area contributed by atoms with Crippen LogP contribution in [0.2, 0.25) is 0 Å². The maximum Gasteiger partial charge on any atom is 0.433 e. The third-order valence-electron chi connectivity index (χ3n) is 8.96. The molecule has 3 aromatic rings. The van der Waals surface area contributed by atoms with Crippen LogP contribution >= 0.6 is 0 Å². The van der Waals surface area contributed by atoms with E-state index in [1.54, 1.807) is 0 Å². The van der Waals surface area contributed by atoms with Crippen molar-refractivity contribution in [2.75, 3.05) is 39.3 Å². The van der Waals surface area contributed by atoms with Gasteiger partial charge in [-0.15, -0.1) is 0 Å². The second-order valence-electron chi connectivity index (χ2n) is 13.3. The van der Waals surface area contributed by atoms with Crippen LogP contribution in [0.25, 0.3) is 5.65 Å². The van der Waals surface area contributed by atoms with E-state index in [0.29, 0.717) is 36.2 Å². The highest BCUT2D eigenvalue weighted by molar-refractivity contribution is 5.95. The summed E-state index contributed by atoms with van der Waals surface area (Å²) >= 11 is 0. The molecule has 5 rings (SSSR count). The van der Waals surface area contributed by atoms with Gasteiger partial charge in [0.25, 0.3) is 11.8 Å². The summed E-state index contributed by atoms with van der Waals surface area (Å²) in [5.74, 6) is -1.44. The van der Waals surface area contributed by atoms with Crippen molar-refractivity contribution in [1.82, 2.24) is 44.8 Å². The van der Waals surface area contributed by atoms with Gasteiger partial charge in [-0.3, -0.25) is 23.9 Å². The molecule has 1 aliphatic carbocycles. The molecule has 0 radical (unpaired) electrons. The standard InChI is InChI=1S/C33H44F3N9O5/c1-20(2)9-13-44-25-8-7-22-17-23(25)30(41-44)31(49)37-10-14-42(11-4-6-29(48)43(12-5-15-46)19-28(47)39-22)32(50)24-18-27-38-21(3)16-26(33(34,35)36)45(27)40-24/h16,18,20,22,46H,4-15,17,19H2,1-3H3,(H,37,49)(H,39,47). The number of aliphatic hydroxyl groups excluding tert-OH is 1. The lowest BCUT2D eigenvalue weighted by Crippen LogP contribution is -2.46. The fraction of sp³-hybridized carbons (Fsp3) is 0.606. The molecule has 0 saturated carbocycles. The van der Waals surface area contributed by atoms with Crippen molar-refractivity contribution in [2.24, 2.45) is 5.92 Å². The van der Waals surface area contributed by atoms with Gasteiger partial charge >= 0.3 is 6.18 Å². The summed E-state index contributed by atoms with van der Waals surface area (Å²) in [5.41, 5.74) is 0.514. The Labute approximate surface area is 287 Å². The van der Waals surface area contributed by atoms with Gasteiger partial charge in [0.05, 0.1) is 6.54 Å². The number of carbonyl (C=O) groups is 4. The molecule has 1 atom stereocenters. The third kappa shape index (κ3) is 8.60. The average Bonchev–Trinajstić information content (AvgIpc) is 3.64. The molecule has 3 N–H and O–H groups in total. The number of aliphatic hydroxyl groups is 1. The number of rotatable bonds is 7. The lowest BCUT2D eigenvalue weighted by Gasteiger charge is -2.27. The van der Waals surface area contributed by atoms with Crippen LogP contribution in [0.15, 0.2) is 12.1 Å². The first kappa shape index (κ1) is 36.7. The summed E-state index contributed by atoms with van der Waals surface area (Å²) in [6.45, 7) is 5.97. The molecular formula is C33H44F3N9O5. The fourth-order valence-corrected chi connectivity index (χ4v) is 6.41. The summed E-state index contributed by atoms with van der Waals surface area (Å²) in [6.07, 6.45) is -1.90. The predicted octanol–water partition coefficient (Wildman–Crippen LogP) is 2.15. The number of hydrogen-bond acceptors (Lipinski definition) is 8. The van der Waals surface area contributed by atoms with E-state index in [-0.39, 0.29) is 99.2 Å². The van der Waals surface area contributed by atoms with Gasteiger partial charge < -0.3 is 25.5 Å². The molecule has 1 unspecified atom stereocenters. The Morgan fingerprint density at radius 2 is 1.88 bits per heavy atom. The largest absolute Gasteiger partial charge is 0.433 e. The van der Waals surface area contributed by atoms with Gasteiger partial charge in [0.15, 0.2) is 17.0 Å². The number of carbonyl (C=O) groups excluding carboxylic acids is 4. The van der Waals surface area contributed by atoms with E-state index in [9.17, 15) is 37.5 Å². The molecule has 0 saturated heterocycles. The maximum absolute atomic E-state index is 13.8. The van der Waals surface area contributed by atoms with E-state index in [0.717, 1.165) is 23.7 Å². The highest BCUT2D eigenvalue weighted by Crippen LogP contribution is 2.30. The Morgan fingerprint density at radius 3 is 2.60 bits per heavy atom. The molecule has 2 aliphatic rings. The van der Waals surface area contributed by atoms with E-state index >= 15 is 0 Å². The third-order valence-corrected chi connectivity index (χ3v) is 8.96. The van der Waals surface area contributed by atoms with Crippen LogP contribution in [0.5, 0.6) is 0 Å². The molecule has 50 heavy (non-hydrogen) atoms. The highest BCUT2D eigenvalue weighted by atomic mass is 19.4. The second kappa shape index (κ2) is 15.6. The van der Waals surface area contributed by atoms with Crippen LogP contribution in [0.1, 0.15) is 89.6 Å². The molecule has 0 aromatic carbocycles. The molecule has 0 spiro atoms. The van der Waals surface area contributed by atoms with E-state index in [4.69, 9.17) is 0 Å². The molecule has 272 valence electrons. The first-order chi connectivity index (χ1) is 23.7. The summed E-state index contributed by atoms with van der Waals surface area (Å²) in [4.78, 5) is 60.6. The highest BCUT2D eigenvalue weighted by Gasteiger charge is 2.36. The number of aryl methyl sites for hydroxylation is 2. The van der Waals surface area contributed by atoms with Crippen LogP contribution in [0.3, 0.4) is 0 Å². The number of amides is 4. The van der Waals surface area contributed by atoms with Gasteiger partial charge in [-0.05, 0) is 57.4 Å². The van der Waals surface area contributed by atoms with Gasteiger partial charge in [-0.25, -0.2) is 9.50 Å². The minimum Gasteiger partial charge on any atom is -0.396 e. The van der Waals surface area contributed by atoms with Gasteiger partial charge in [0, 0.05) is 74.8 Å². The van der Waals surface area contributed by atoms with Crippen molar-refractivity contribution in [2.45, 2.75) is 84.5 Å². The number of alkyl halides is 3. The zero-order valence-corrected chi connectivity index (χ0v) is 28.6. The molecule has 17 heteroatoms. The second-order valence-corrected chi connectivity index (χ2v) is 13.3. The van der Waals surface area contributed by atoms with E-state index in [1.807, 2.05) is 4.68 Å². The first-order valence-electron chi connectivity index (χ1n) is 17.0. The SMILES string of the molecule is Cc1cc(C(F)(F)F)n2nc(C(=O)N3CCCC(=O)N(CCCO)CC(=O)NC4CCc5c(c(nn5CCC(C)C)C(=O)NCC3)C4)cc2n1. The molecule has 3 aromatic heterocycles. The average molecular weight is 704 g/mol. The van der Waals surface area contributed by atoms with Gasteiger partial charge in [-0.2, -0.15) is 23.4 Å². The molecule has 2 bridgehead atoms. The number of fused-ring (bicyclic) bond motifs is 2. The monoisotopic (exact) mass is 703 g/mol. The van der Waals surface area contributed by atoms with E-state index in [2.05, 4.69) is 39.7 Å². The Balaban J connectivity index is 1.45. The Morgan fingerprint density at radius 1 is 1.10 bits per heavy atom. The predicted molar refractivity (Wildman–Crippen MR) is 174 cm³/mol. The summed E-state index contributed by atoms with van der Waals surface area (Å²) in [6, 6.07) is 1.75. The van der Waals surface area contributed by atoms with Crippen LogP contribution in [-0.2, 0) is 35.2 Å². The molecular weight excluding hydrogens is 659 g/mol. The van der Waals surface area contributed by atoms with Crippen LogP contribution in [0.4, 0.5) is 13.2 Å². The summed E-state index contributed by atoms with van der Waals surface area (Å²) in [5, 5.41) is 23.9. The minimum absolute atomic E-state index is 0.00648. The molecule has 4 amide bonds. The van der Waals surface area contributed by atoms with Crippen LogP contribution in [-0.4, -0.2) is 108 Å². The van der Waals surface area contributed by atoms with Gasteiger partial charge in [0.2, 0.25) is 11.8 Å². The Bertz CT molecular complexity index is 1740. The summed E-state index contributed by atoms with van der Waals surface area (Å²) in [7, 11) is 0. The zero-order valence-electron chi connectivity index (χ0n) is 28.6. The topological polar surface area (TPSA) is 167 Å². The van der Waals surface area contributed by atoms with Crippen molar-refractivity contribution in [3.05, 3.63) is 46.2 Å². The normalized spacial score (nSPS) is 18.4. The van der Waals surface area contributed by atoms with Crippen molar-refractivity contribution < 1.29 is 37.5 Å². The molecule has 0 fully saturated rings. The summed E-state index contributed by atoms with van der Waals surface area (Å²) < 4.78 is 43.8. The number of nitrogens with one attached hydrogen (secondary N) is 2. The van der Waals surface area contributed by atoms with Crippen molar-refractivity contribution in [3.63, 3.8) is 0 Å². The van der Waals surface area contributed by atoms with Crippen LogP contribution in [0, 0.1) is 12.8 Å². The van der Waals surface area contributed by atoms with E-state index < -0.39 is 23.7 Å². The minimum atomic E-state index is -4.75. The number of aromatic nitrogens is 5. The van der Waals surface area contributed by atoms with Gasteiger partial charge in [0.1, 0.15) is 5.69 Å². The number of hydrogen-bond donors (Lipinski definition) is 3. The first-order valence-corrected chi connectivity index (χ1v) is 17.0. The lowest BCUT2D eigenvalue weighted by atomic mass is 9.91. The maximum atomic E-state index is 13.8. The van der Waals surface area contributed by atoms with Crippen molar-refractivity contribution >= 4 is 29.3 Å².